The second-order valence-corrected chi connectivity index (χ2v) is 7.64. The van der Waals surface area contributed by atoms with Crippen LogP contribution < -0.4 is 14.2 Å². The van der Waals surface area contributed by atoms with E-state index < -0.39 is 18.1 Å². The van der Waals surface area contributed by atoms with Crippen LogP contribution in [-0.4, -0.2) is 35.5 Å². The highest BCUT2D eigenvalue weighted by Gasteiger charge is 2.46. The zero-order chi connectivity index (χ0) is 24.7. The average Bonchev–Trinajstić information content (AvgIpc) is 3.33. The van der Waals surface area contributed by atoms with Crippen LogP contribution in [0.3, 0.4) is 0 Å². The molecule has 180 valence electrons. The summed E-state index contributed by atoms with van der Waals surface area (Å²) in [5, 5.41) is 0.158. The third-order valence-electron chi connectivity index (χ3n) is 5.59. The molecule has 0 unspecified atom stereocenters. The molecule has 0 fully saturated rings. The minimum Gasteiger partial charge on any atom is -0.481 e. The third-order valence-corrected chi connectivity index (χ3v) is 5.59. The third kappa shape index (κ3) is 3.80. The number of ether oxygens (including phenoxy) is 4. The van der Waals surface area contributed by atoms with Crippen molar-refractivity contribution in [3.8, 4) is 28.5 Å². The van der Waals surface area contributed by atoms with Crippen LogP contribution in [0.1, 0.15) is 23.0 Å². The van der Waals surface area contributed by atoms with Crippen LogP contribution in [0.15, 0.2) is 54.7 Å². The molecule has 0 amide bonds. The molecular weight excluding hydrogens is 465 g/mol. The van der Waals surface area contributed by atoms with Crippen molar-refractivity contribution in [3.63, 3.8) is 0 Å². The maximum Gasteiger partial charge on any atom is 0.586 e. The van der Waals surface area contributed by atoms with E-state index in [4.69, 9.17) is 14.2 Å². The van der Waals surface area contributed by atoms with Crippen molar-refractivity contribution in [3.05, 3.63) is 71.8 Å². The van der Waals surface area contributed by atoms with Crippen molar-refractivity contribution in [1.82, 2.24) is 9.55 Å². The number of rotatable bonds is 6. The Balaban J connectivity index is 1.90. The van der Waals surface area contributed by atoms with Gasteiger partial charge in [-0.2, -0.15) is 0 Å². The summed E-state index contributed by atoms with van der Waals surface area (Å²) in [6, 6.07) is 12.1. The number of fused-ring (bicyclic) bond motifs is 3. The Kier molecular flexibility index (Phi) is 5.50. The molecular formula is C25H19F3N2O5. The molecule has 0 radical (unpaired) electrons. The van der Waals surface area contributed by atoms with E-state index in [2.05, 4.69) is 9.72 Å². The number of esters is 1. The standard InChI is InChI=1S/C25H19F3N2O5/c1-3-33-24(31)21-19(15-8-6-12-29-23(15)32-2)20-17(10-11-18-22(20)35-25(27,28)34-18)30(21)13-14-7-4-5-9-16(14)26/h4-12H,3,13H2,1-2H3. The van der Waals surface area contributed by atoms with Gasteiger partial charge in [-0.05, 0) is 37.3 Å². The summed E-state index contributed by atoms with van der Waals surface area (Å²) < 4.78 is 64.6. The predicted octanol–water partition coefficient (Wildman–Crippen LogP) is 5.40. The van der Waals surface area contributed by atoms with Gasteiger partial charge in [0.15, 0.2) is 11.5 Å². The van der Waals surface area contributed by atoms with Gasteiger partial charge >= 0.3 is 12.3 Å². The van der Waals surface area contributed by atoms with Gasteiger partial charge in [-0.15, -0.1) is 8.78 Å². The highest BCUT2D eigenvalue weighted by molar-refractivity contribution is 6.12. The van der Waals surface area contributed by atoms with E-state index in [-0.39, 0.29) is 52.7 Å². The van der Waals surface area contributed by atoms with Crippen molar-refractivity contribution in [2.45, 2.75) is 19.8 Å². The van der Waals surface area contributed by atoms with E-state index in [9.17, 15) is 18.0 Å². The molecule has 0 saturated heterocycles. The average molecular weight is 484 g/mol. The molecule has 2 aromatic carbocycles. The lowest BCUT2D eigenvalue weighted by molar-refractivity contribution is -0.286. The first-order valence-electron chi connectivity index (χ1n) is 10.7. The Bertz CT molecular complexity index is 1450. The zero-order valence-electron chi connectivity index (χ0n) is 18.7. The number of aromatic nitrogens is 2. The van der Waals surface area contributed by atoms with Gasteiger partial charge in [0, 0.05) is 22.9 Å². The van der Waals surface area contributed by atoms with Gasteiger partial charge < -0.3 is 23.5 Å². The SMILES string of the molecule is CCOC(=O)c1c(-c2cccnc2OC)c2c3c(ccc2n1Cc1ccccc1F)OC(F)(F)O3. The van der Waals surface area contributed by atoms with Crippen molar-refractivity contribution in [1.29, 1.82) is 0 Å². The zero-order valence-corrected chi connectivity index (χ0v) is 18.7. The molecule has 3 heterocycles. The molecule has 0 bridgehead atoms. The molecule has 1 aliphatic rings. The van der Waals surface area contributed by atoms with E-state index in [1.165, 1.54) is 36.1 Å². The Hall–Kier alpha value is -4.21. The van der Waals surface area contributed by atoms with Gasteiger partial charge in [0.05, 0.1) is 31.2 Å². The van der Waals surface area contributed by atoms with Crippen LogP contribution in [-0.2, 0) is 11.3 Å². The molecule has 5 rings (SSSR count). The fourth-order valence-corrected chi connectivity index (χ4v) is 4.22. The molecule has 0 atom stereocenters. The summed E-state index contributed by atoms with van der Waals surface area (Å²) in [6.45, 7) is 1.61. The number of methoxy groups -OCH3 is 1. The molecule has 2 aromatic heterocycles. The van der Waals surface area contributed by atoms with Gasteiger partial charge in [-0.1, -0.05) is 18.2 Å². The first-order valence-corrected chi connectivity index (χ1v) is 10.7. The minimum atomic E-state index is -3.90. The van der Waals surface area contributed by atoms with E-state index in [1.54, 1.807) is 37.3 Å². The van der Waals surface area contributed by atoms with Crippen LogP contribution >= 0.6 is 0 Å². The quantitative estimate of drug-likeness (QED) is 0.342. The van der Waals surface area contributed by atoms with Crippen molar-refractivity contribution in [2.75, 3.05) is 13.7 Å². The molecule has 0 N–H and O–H groups in total. The normalized spacial score (nSPS) is 13.7. The summed E-state index contributed by atoms with van der Waals surface area (Å²) in [7, 11) is 1.40. The number of carbonyl (C=O) groups excluding carboxylic acids is 1. The Morgan fingerprint density at radius 3 is 2.66 bits per heavy atom. The molecule has 1 aliphatic heterocycles. The predicted molar refractivity (Wildman–Crippen MR) is 119 cm³/mol. The lowest BCUT2D eigenvalue weighted by atomic mass is 10.0. The van der Waals surface area contributed by atoms with Gasteiger partial charge in [-0.3, -0.25) is 0 Å². The van der Waals surface area contributed by atoms with Crippen LogP contribution in [0.2, 0.25) is 0 Å². The van der Waals surface area contributed by atoms with E-state index >= 15 is 0 Å². The fraction of sp³-hybridized carbons (Fsp3) is 0.200. The van der Waals surface area contributed by atoms with Gasteiger partial charge in [0.2, 0.25) is 5.88 Å². The molecule has 7 nitrogen and oxygen atoms in total. The number of pyridine rings is 1. The van der Waals surface area contributed by atoms with Crippen LogP contribution in [0.25, 0.3) is 22.0 Å². The summed E-state index contributed by atoms with van der Waals surface area (Å²) in [6.07, 6.45) is -2.41. The topological polar surface area (TPSA) is 71.8 Å². The first kappa shape index (κ1) is 22.6. The van der Waals surface area contributed by atoms with Crippen molar-refractivity contribution in [2.24, 2.45) is 0 Å². The number of carbonyl (C=O) groups is 1. The monoisotopic (exact) mass is 484 g/mol. The van der Waals surface area contributed by atoms with E-state index in [1.807, 2.05) is 0 Å². The molecule has 35 heavy (non-hydrogen) atoms. The summed E-state index contributed by atoms with van der Waals surface area (Å²) >= 11 is 0. The lowest BCUT2D eigenvalue weighted by Gasteiger charge is -2.13. The molecule has 10 heteroatoms. The number of benzene rings is 2. The summed E-state index contributed by atoms with van der Waals surface area (Å²) in [5.41, 5.74) is 1.14. The second kappa shape index (κ2) is 8.53. The highest BCUT2D eigenvalue weighted by Crippen LogP contribution is 2.51. The maximum absolute atomic E-state index is 14.6. The van der Waals surface area contributed by atoms with Gasteiger partial charge in [0.25, 0.3) is 0 Å². The van der Waals surface area contributed by atoms with E-state index in [0.717, 1.165) is 0 Å². The number of alkyl halides is 2. The van der Waals surface area contributed by atoms with E-state index in [0.29, 0.717) is 11.1 Å². The Morgan fingerprint density at radius 2 is 1.91 bits per heavy atom. The molecule has 0 saturated carbocycles. The van der Waals surface area contributed by atoms with Crippen LogP contribution in [0, 0.1) is 5.82 Å². The van der Waals surface area contributed by atoms with Gasteiger partial charge in [-0.25, -0.2) is 14.2 Å². The first-order chi connectivity index (χ1) is 16.8. The summed E-state index contributed by atoms with van der Waals surface area (Å²) in [4.78, 5) is 17.5. The summed E-state index contributed by atoms with van der Waals surface area (Å²) in [5.74, 6) is -1.54. The van der Waals surface area contributed by atoms with Crippen molar-refractivity contribution < 1.29 is 36.9 Å². The minimum absolute atomic E-state index is 0.00335. The number of halogens is 3. The molecule has 0 spiro atoms. The Morgan fingerprint density at radius 1 is 1.11 bits per heavy atom. The van der Waals surface area contributed by atoms with Crippen LogP contribution in [0.5, 0.6) is 17.4 Å². The maximum atomic E-state index is 14.6. The number of hydrogen-bond acceptors (Lipinski definition) is 6. The lowest BCUT2D eigenvalue weighted by Crippen LogP contribution is -2.26. The smallest absolute Gasteiger partial charge is 0.481 e. The molecule has 4 aromatic rings. The molecule has 0 aliphatic carbocycles. The fourth-order valence-electron chi connectivity index (χ4n) is 4.22. The Labute approximate surface area is 197 Å². The number of nitrogens with zero attached hydrogens (tertiary/aromatic N) is 2. The highest BCUT2D eigenvalue weighted by atomic mass is 19.3. The largest absolute Gasteiger partial charge is 0.586 e. The van der Waals surface area contributed by atoms with Gasteiger partial charge in [0.1, 0.15) is 11.5 Å². The number of hydrogen-bond donors (Lipinski definition) is 0. The van der Waals surface area contributed by atoms with Crippen LogP contribution in [0.4, 0.5) is 13.2 Å². The second-order valence-electron chi connectivity index (χ2n) is 7.64. The van der Waals surface area contributed by atoms with Crippen molar-refractivity contribution >= 4 is 16.9 Å².